The van der Waals surface area contributed by atoms with Crippen molar-refractivity contribution in [3.05, 3.63) is 11.5 Å². The number of carbonyl (C=O) groups excluding carboxylic acids is 2. The molecular formula is C16H32N4O2S. The zero-order valence-electron chi connectivity index (χ0n) is 14.9. The van der Waals surface area contributed by atoms with Gasteiger partial charge in [-0.05, 0) is 18.6 Å². The Hall–Kier alpha value is -1.37. The number of nitrogens with one attached hydrogen (secondary N) is 1. The van der Waals surface area contributed by atoms with Gasteiger partial charge in [0.25, 0.3) is 5.91 Å². The van der Waals surface area contributed by atoms with Crippen LogP contribution in [0.1, 0.15) is 46.5 Å². The van der Waals surface area contributed by atoms with Gasteiger partial charge in [0.1, 0.15) is 11.5 Å². The highest BCUT2D eigenvalue weighted by molar-refractivity contribution is 7.99. The summed E-state index contributed by atoms with van der Waals surface area (Å²) in [6.07, 6.45) is 4.44. The van der Waals surface area contributed by atoms with Crippen molar-refractivity contribution < 1.29 is 9.59 Å². The Balaban J connectivity index is 5.24. The number of unbranched alkanes of at least 4 members (excludes halogenated alkanes) is 2. The van der Waals surface area contributed by atoms with Gasteiger partial charge in [-0.3, -0.25) is 14.5 Å². The van der Waals surface area contributed by atoms with Crippen LogP contribution in [-0.2, 0) is 9.59 Å². The van der Waals surface area contributed by atoms with Crippen LogP contribution in [-0.4, -0.2) is 53.9 Å². The third kappa shape index (κ3) is 8.16. The second kappa shape index (κ2) is 13.1. The summed E-state index contributed by atoms with van der Waals surface area (Å²) in [6.45, 7) is 7.37. The predicted octanol–water partition coefficient (Wildman–Crippen LogP) is 1.93. The average Bonchev–Trinajstić information content (AvgIpc) is 2.56. The van der Waals surface area contributed by atoms with E-state index in [9.17, 15) is 9.59 Å². The first-order valence-corrected chi connectivity index (χ1v) is 9.47. The molecule has 0 saturated heterocycles. The monoisotopic (exact) mass is 344 g/mol. The summed E-state index contributed by atoms with van der Waals surface area (Å²) in [5, 5.41) is 3.09. The Labute approximate surface area is 144 Å². The van der Waals surface area contributed by atoms with Gasteiger partial charge in [0, 0.05) is 20.1 Å². The topological polar surface area (TPSA) is 78.7 Å². The van der Waals surface area contributed by atoms with Crippen LogP contribution in [0.3, 0.4) is 0 Å². The van der Waals surface area contributed by atoms with Gasteiger partial charge in [-0.25, -0.2) is 0 Å². The van der Waals surface area contributed by atoms with Crippen molar-refractivity contribution in [2.24, 2.45) is 5.73 Å². The molecule has 23 heavy (non-hydrogen) atoms. The minimum atomic E-state index is -0.170. The number of hydrogen-bond acceptors (Lipinski definition) is 5. The molecule has 7 heteroatoms. The molecule has 0 atom stereocenters. The van der Waals surface area contributed by atoms with Crippen molar-refractivity contribution in [3.63, 3.8) is 0 Å². The lowest BCUT2D eigenvalue weighted by molar-refractivity contribution is -0.126. The lowest BCUT2D eigenvalue weighted by Crippen LogP contribution is -2.40. The van der Waals surface area contributed by atoms with Crippen LogP contribution in [0.4, 0.5) is 0 Å². The van der Waals surface area contributed by atoms with Crippen molar-refractivity contribution in [3.8, 4) is 0 Å². The molecule has 0 aromatic heterocycles. The van der Waals surface area contributed by atoms with Crippen LogP contribution >= 0.6 is 11.8 Å². The summed E-state index contributed by atoms with van der Waals surface area (Å²) in [6, 6.07) is 0. The number of nitrogens with zero attached hydrogens (tertiary/aromatic N) is 2. The van der Waals surface area contributed by atoms with Crippen LogP contribution in [0.25, 0.3) is 0 Å². The zero-order valence-corrected chi connectivity index (χ0v) is 15.7. The number of carbonyl (C=O) groups is 2. The molecule has 0 unspecified atom stereocenters. The fraction of sp³-hybridized carbons (Fsp3) is 0.750. The summed E-state index contributed by atoms with van der Waals surface area (Å²) in [4.78, 5) is 27.0. The van der Waals surface area contributed by atoms with E-state index in [1.54, 1.807) is 23.7 Å². The zero-order chi connectivity index (χ0) is 17.7. The van der Waals surface area contributed by atoms with Crippen LogP contribution in [0.15, 0.2) is 11.5 Å². The third-order valence-electron chi connectivity index (χ3n) is 3.41. The fourth-order valence-corrected chi connectivity index (χ4v) is 2.34. The maximum absolute atomic E-state index is 12.7. The van der Waals surface area contributed by atoms with Crippen molar-refractivity contribution in [1.82, 2.24) is 15.1 Å². The van der Waals surface area contributed by atoms with Gasteiger partial charge in [0.05, 0.1) is 5.88 Å². The number of rotatable bonds is 13. The molecule has 0 heterocycles. The van der Waals surface area contributed by atoms with Gasteiger partial charge in [0.15, 0.2) is 0 Å². The van der Waals surface area contributed by atoms with E-state index in [4.69, 9.17) is 5.73 Å². The van der Waals surface area contributed by atoms with E-state index in [0.29, 0.717) is 31.1 Å². The highest BCUT2D eigenvalue weighted by Crippen LogP contribution is 2.09. The van der Waals surface area contributed by atoms with E-state index < -0.39 is 0 Å². The van der Waals surface area contributed by atoms with Gasteiger partial charge >= 0.3 is 0 Å². The first-order chi connectivity index (χ1) is 11.0. The lowest BCUT2D eigenvalue weighted by Gasteiger charge is -2.24. The SMILES string of the molecule is CCCCN(C)C(=O)/C(NCSCC)=C(/N)N(C=O)CCCC. The first-order valence-electron chi connectivity index (χ1n) is 8.32. The standard InChI is InChI=1S/C16H32N4O2S/c1-5-8-10-19(4)16(22)14(18-12-23-7-3)15(17)20(13-21)11-9-6-2/h13,18H,5-12,17H2,1-4H3/b15-14+. The maximum Gasteiger partial charge on any atom is 0.273 e. The van der Waals surface area contributed by atoms with E-state index >= 15 is 0 Å². The van der Waals surface area contributed by atoms with Gasteiger partial charge in [-0.2, -0.15) is 0 Å². The predicted molar refractivity (Wildman–Crippen MR) is 97.6 cm³/mol. The Morgan fingerprint density at radius 2 is 1.78 bits per heavy atom. The molecular weight excluding hydrogens is 312 g/mol. The maximum atomic E-state index is 12.7. The molecule has 0 spiro atoms. The first kappa shape index (κ1) is 21.6. The van der Waals surface area contributed by atoms with E-state index in [2.05, 4.69) is 12.2 Å². The van der Waals surface area contributed by atoms with Crippen molar-refractivity contribution in [2.75, 3.05) is 31.8 Å². The Kier molecular flexibility index (Phi) is 12.3. The summed E-state index contributed by atoms with van der Waals surface area (Å²) in [5.74, 6) is 1.56. The molecule has 0 aromatic carbocycles. The second-order valence-corrected chi connectivity index (χ2v) is 6.58. The molecule has 0 aliphatic heterocycles. The Morgan fingerprint density at radius 3 is 2.30 bits per heavy atom. The van der Waals surface area contributed by atoms with Crippen LogP contribution in [0, 0.1) is 0 Å². The molecule has 0 aliphatic carbocycles. The van der Waals surface area contributed by atoms with Gasteiger partial charge < -0.3 is 16.0 Å². The molecule has 6 nitrogen and oxygen atoms in total. The number of amides is 2. The van der Waals surface area contributed by atoms with Crippen molar-refractivity contribution >= 4 is 24.1 Å². The number of thioether (sulfide) groups is 1. The quantitative estimate of drug-likeness (QED) is 0.231. The van der Waals surface area contributed by atoms with E-state index in [1.807, 2.05) is 13.8 Å². The third-order valence-corrected chi connectivity index (χ3v) is 4.16. The molecule has 0 rings (SSSR count). The van der Waals surface area contributed by atoms with E-state index in [-0.39, 0.29) is 11.7 Å². The minimum absolute atomic E-state index is 0.170. The highest BCUT2D eigenvalue weighted by Gasteiger charge is 2.21. The molecule has 0 bridgehead atoms. The smallest absolute Gasteiger partial charge is 0.273 e. The van der Waals surface area contributed by atoms with Crippen LogP contribution in [0.2, 0.25) is 0 Å². The summed E-state index contributed by atoms with van der Waals surface area (Å²) in [7, 11) is 1.76. The van der Waals surface area contributed by atoms with Gasteiger partial charge in [-0.1, -0.05) is 33.6 Å². The van der Waals surface area contributed by atoms with E-state index in [1.165, 1.54) is 4.90 Å². The van der Waals surface area contributed by atoms with E-state index in [0.717, 1.165) is 31.4 Å². The normalized spacial score (nSPS) is 11.7. The minimum Gasteiger partial charge on any atom is -0.383 e. The molecule has 0 saturated carbocycles. The molecule has 134 valence electrons. The number of hydrogen-bond donors (Lipinski definition) is 2. The van der Waals surface area contributed by atoms with Crippen molar-refractivity contribution in [2.45, 2.75) is 46.5 Å². The molecule has 3 N–H and O–H groups in total. The summed E-state index contributed by atoms with van der Waals surface area (Å²) in [5.41, 5.74) is 6.43. The van der Waals surface area contributed by atoms with Crippen LogP contribution in [0.5, 0.6) is 0 Å². The number of likely N-dealkylation sites (N-methyl/N-ethyl adjacent to an activating group) is 1. The van der Waals surface area contributed by atoms with Gasteiger partial charge in [0.2, 0.25) is 6.41 Å². The fourth-order valence-electron chi connectivity index (χ4n) is 1.89. The molecule has 0 radical (unpaired) electrons. The Bertz CT molecular complexity index is 388. The molecule has 2 amide bonds. The molecule has 0 fully saturated rings. The molecule has 0 aromatic rings. The van der Waals surface area contributed by atoms with Gasteiger partial charge in [-0.15, -0.1) is 11.8 Å². The van der Waals surface area contributed by atoms with Crippen molar-refractivity contribution in [1.29, 1.82) is 0 Å². The summed E-state index contributed by atoms with van der Waals surface area (Å²) < 4.78 is 0. The van der Waals surface area contributed by atoms with Crippen LogP contribution < -0.4 is 11.1 Å². The lowest BCUT2D eigenvalue weighted by atomic mass is 10.2. The highest BCUT2D eigenvalue weighted by atomic mass is 32.2. The molecule has 0 aliphatic rings. The summed E-state index contributed by atoms with van der Waals surface area (Å²) >= 11 is 1.66. The second-order valence-electron chi connectivity index (χ2n) is 5.31. The Morgan fingerprint density at radius 1 is 1.17 bits per heavy atom. The average molecular weight is 345 g/mol. The number of nitrogens with two attached hydrogens (primary N) is 1. The largest absolute Gasteiger partial charge is 0.383 e.